The second-order valence-electron chi connectivity index (χ2n) is 15.7. The van der Waals surface area contributed by atoms with Gasteiger partial charge < -0.3 is 38.5 Å². The van der Waals surface area contributed by atoms with Crippen LogP contribution in [-0.2, 0) is 20.8 Å². The lowest BCUT2D eigenvalue weighted by molar-refractivity contribution is 0.000848. The SMILES string of the molecule is COC(=O)c1cc(F)c(-c2cccc3c2OCN(C(=O)c2c(Cl)cc(N4C[C@H]5CC[C@@H]4CN5C(=O)OC(C)(C)C)cc2Cl)C3)cc1N1C2CCC1COC2. The molecular formula is C40H43Cl2FN4O7. The van der Waals surface area contributed by atoms with Crippen LogP contribution in [0.2, 0.25) is 10.0 Å². The average Bonchev–Trinajstić information content (AvgIpc) is 3.39. The monoisotopic (exact) mass is 780 g/mol. The van der Waals surface area contributed by atoms with Crippen LogP contribution in [-0.4, -0.2) is 97.7 Å². The Morgan fingerprint density at radius 1 is 0.889 bits per heavy atom. The summed E-state index contributed by atoms with van der Waals surface area (Å²) < 4.78 is 38.7. The summed E-state index contributed by atoms with van der Waals surface area (Å²) in [4.78, 5) is 47.5. The summed E-state index contributed by atoms with van der Waals surface area (Å²) in [7, 11) is 1.29. The van der Waals surface area contributed by atoms with E-state index in [1.54, 1.807) is 30.3 Å². The Morgan fingerprint density at radius 2 is 1.57 bits per heavy atom. The van der Waals surface area contributed by atoms with E-state index in [9.17, 15) is 14.4 Å². The smallest absolute Gasteiger partial charge is 0.410 e. The number of amides is 2. The van der Waals surface area contributed by atoms with Gasteiger partial charge in [-0.2, -0.15) is 0 Å². The van der Waals surface area contributed by atoms with Crippen LogP contribution in [0, 0.1) is 5.82 Å². The summed E-state index contributed by atoms with van der Waals surface area (Å²) in [5.74, 6) is -1.15. The van der Waals surface area contributed by atoms with Crippen LogP contribution in [0.5, 0.6) is 5.75 Å². The Kier molecular flexibility index (Phi) is 9.59. The van der Waals surface area contributed by atoms with Crippen molar-refractivity contribution in [1.29, 1.82) is 0 Å². The number of methoxy groups -OCH3 is 1. The Hall–Kier alpha value is -4.26. The normalized spacial score (nSPS) is 23.2. The van der Waals surface area contributed by atoms with Crippen LogP contribution < -0.4 is 14.5 Å². The molecule has 2 amide bonds. The van der Waals surface area contributed by atoms with Crippen molar-refractivity contribution in [2.45, 2.75) is 82.8 Å². The van der Waals surface area contributed by atoms with E-state index in [1.807, 2.05) is 31.7 Å². The number of piperazine rings is 1. The molecule has 0 saturated carbocycles. The van der Waals surface area contributed by atoms with Crippen molar-refractivity contribution in [2.24, 2.45) is 0 Å². The van der Waals surface area contributed by atoms with Gasteiger partial charge >= 0.3 is 12.1 Å². The largest absolute Gasteiger partial charge is 0.472 e. The topological polar surface area (TPSA) is 101 Å². The molecule has 2 unspecified atom stereocenters. The number of rotatable bonds is 5. The molecule has 3 aromatic rings. The zero-order valence-electron chi connectivity index (χ0n) is 30.7. The predicted octanol–water partition coefficient (Wildman–Crippen LogP) is 7.53. The summed E-state index contributed by atoms with van der Waals surface area (Å²) >= 11 is 13.6. The van der Waals surface area contributed by atoms with Crippen molar-refractivity contribution in [3.05, 3.63) is 75.0 Å². The first kappa shape index (κ1) is 36.7. The number of benzene rings is 3. The Labute approximate surface area is 323 Å². The maximum Gasteiger partial charge on any atom is 0.410 e. The third kappa shape index (κ3) is 6.60. The molecule has 6 aliphatic heterocycles. The zero-order chi connectivity index (χ0) is 38.1. The number of ether oxygens (including phenoxy) is 4. The molecular weight excluding hydrogens is 738 g/mol. The van der Waals surface area contributed by atoms with Crippen LogP contribution in [0.15, 0.2) is 42.5 Å². The van der Waals surface area contributed by atoms with Gasteiger partial charge in [0.2, 0.25) is 0 Å². The first-order valence-corrected chi connectivity index (χ1v) is 19.1. The molecule has 54 heavy (non-hydrogen) atoms. The van der Waals surface area contributed by atoms with E-state index in [-0.39, 0.29) is 70.3 Å². The van der Waals surface area contributed by atoms with Gasteiger partial charge in [0, 0.05) is 41.5 Å². The number of morpholine rings is 1. The number of hydrogen-bond donors (Lipinski definition) is 0. The Balaban J connectivity index is 1.03. The number of hydrogen-bond acceptors (Lipinski definition) is 9. The molecule has 5 saturated heterocycles. The minimum atomic E-state index is -0.611. The maximum atomic E-state index is 16.0. The molecule has 4 bridgehead atoms. The lowest BCUT2D eigenvalue weighted by atomic mass is 9.90. The van der Waals surface area contributed by atoms with Crippen LogP contribution in [0.25, 0.3) is 11.1 Å². The minimum absolute atomic E-state index is 0.0144. The van der Waals surface area contributed by atoms with Crippen molar-refractivity contribution in [3.8, 4) is 16.9 Å². The van der Waals surface area contributed by atoms with Crippen LogP contribution in [0.3, 0.4) is 0 Å². The first-order chi connectivity index (χ1) is 25.8. The van der Waals surface area contributed by atoms with Crippen LogP contribution >= 0.6 is 23.2 Å². The molecule has 5 fully saturated rings. The second-order valence-corrected chi connectivity index (χ2v) is 16.5. The summed E-state index contributed by atoms with van der Waals surface area (Å²) in [5.41, 5.74) is 2.61. The van der Waals surface area contributed by atoms with Crippen molar-refractivity contribution in [2.75, 3.05) is 49.9 Å². The van der Waals surface area contributed by atoms with E-state index in [4.69, 9.17) is 42.1 Å². The minimum Gasteiger partial charge on any atom is -0.472 e. The molecule has 14 heteroatoms. The van der Waals surface area contributed by atoms with Crippen LogP contribution in [0.4, 0.5) is 20.6 Å². The predicted molar refractivity (Wildman–Crippen MR) is 202 cm³/mol. The van der Waals surface area contributed by atoms with E-state index in [2.05, 4.69) is 9.80 Å². The molecule has 0 N–H and O–H groups in total. The van der Waals surface area contributed by atoms with Gasteiger partial charge in [0.15, 0.2) is 6.73 Å². The number of fused-ring (bicyclic) bond motifs is 6. The highest BCUT2D eigenvalue weighted by Crippen LogP contribution is 2.44. The first-order valence-electron chi connectivity index (χ1n) is 18.4. The number of esters is 1. The number of carbonyl (C=O) groups excluding carboxylic acids is 3. The van der Waals surface area contributed by atoms with Gasteiger partial charge in [-0.1, -0.05) is 41.4 Å². The van der Waals surface area contributed by atoms with Crippen molar-refractivity contribution in [1.82, 2.24) is 9.80 Å². The lowest BCUT2D eigenvalue weighted by Gasteiger charge is -2.52. The number of halogens is 3. The van der Waals surface area contributed by atoms with E-state index >= 15 is 4.39 Å². The standard InChI is InChI=1S/C40H43Cl2FN4O7/c1-40(2,3)54-39(50)46-18-23-8-9-24(46)17-45(23)27-12-31(41)35(32(42)13-27)37(48)44-16-22-6-5-7-28(36(22)53-21-44)29-15-34(30(14-33(29)43)38(49)51-4)47-25-10-11-26(47)20-52-19-25/h5-7,12-15,23-26H,8-11,16-21H2,1-4H3/t23-,24-,25?,26?/m1/s1. The fourth-order valence-electron chi connectivity index (χ4n) is 8.67. The third-order valence-corrected chi connectivity index (χ3v) is 11.7. The zero-order valence-corrected chi connectivity index (χ0v) is 32.2. The molecule has 0 spiro atoms. The number of para-hydroxylation sites is 1. The quantitative estimate of drug-likeness (QED) is 0.243. The Morgan fingerprint density at radius 3 is 2.22 bits per heavy atom. The second kappa shape index (κ2) is 14.1. The van der Waals surface area contributed by atoms with Gasteiger partial charge in [0.1, 0.15) is 17.2 Å². The van der Waals surface area contributed by atoms with E-state index in [1.165, 1.54) is 18.1 Å². The number of carbonyl (C=O) groups is 3. The third-order valence-electron chi connectivity index (χ3n) is 11.1. The molecule has 6 aliphatic rings. The number of nitrogens with zero attached hydrogens (tertiary/aromatic N) is 4. The molecule has 11 nitrogen and oxygen atoms in total. The summed E-state index contributed by atoms with van der Waals surface area (Å²) in [5, 5.41) is 0.426. The molecule has 0 aliphatic carbocycles. The summed E-state index contributed by atoms with van der Waals surface area (Å²) in [6.07, 6.45) is 3.30. The molecule has 0 radical (unpaired) electrons. The van der Waals surface area contributed by atoms with E-state index < -0.39 is 23.3 Å². The Bertz CT molecular complexity index is 1990. The molecule has 6 heterocycles. The van der Waals surface area contributed by atoms with Gasteiger partial charge in [0.25, 0.3) is 5.91 Å². The highest BCUT2D eigenvalue weighted by atomic mass is 35.5. The van der Waals surface area contributed by atoms with Crippen molar-refractivity contribution >= 4 is 52.5 Å². The number of piperidine rings is 2. The van der Waals surface area contributed by atoms with E-state index in [0.29, 0.717) is 48.9 Å². The molecule has 3 aromatic carbocycles. The van der Waals surface area contributed by atoms with Gasteiger partial charge in [-0.15, -0.1) is 0 Å². The van der Waals surface area contributed by atoms with Crippen LogP contribution in [0.1, 0.15) is 72.7 Å². The lowest BCUT2D eigenvalue weighted by Crippen LogP contribution is -2.64. The summed E-state index contributed by atoms with van der Waals surface area (Å²) in [6.45, 7) is 7.83. The van der Waals surface area contributed by atoms with Gasteiger partial charge in [-0.3, -0.25) is 4.79 Å². The van der Waals surface area contributed by atoms with Crippen molar-refractivity contribution in [3.63, 3.8) is 0 Å². The molecule has 0 aromatic heterocycles. The highest BCUT2D eigenvalue weighted by Gasteiger charge is 2.43. The summed E-state index contributed by atoms with van der Waals surface area (Å²) in [6, 6.07) is 12.1. The maximum absolute atomic E-state index is 16.0. The van der Waals surface area contributed by atoms with E-state index in [0.717, 1.165) is 31.4 Å². The van der Waals surface area contributed by atoms with Gasteiger partial charge in [0.05, 0.1) is 71.9 Å². The molecule has 9 rings (SSSR count). The number of anilines is 2. The fourth-order valence-corrected chi connectivity index (χ4v) is 9.31. The van der Waals surface area contributed by atoms with Gasteiger partial charge in [-0.05, 0) is 70.7 Å². The van der Waals surface area contributed by atoms with Gasteiger partial charge in [-0.25, -0.2) is 14.0 Å². The fraction of sp³-hybridized carbons (Fsp3) is 0.475. The molecule has 4 atom stereocenters. The average molecular weight is 782 g/mol. The van der Waals surface area contributed by atoms with Crippen molar-refractivity contribution < 1.29 is 37.7 Å². The highest BCUT2D eigenvalue weighted by molar-refractivity contribution is 6.40. The molecule has 286 valence electrons.